The third-order valence-electron chi connectivity index (χ3n) is 4.91. The zero-order valence-electron chi connectivity index (χ0n) is 17.3. The fourth-order valence-electron chi connectivity index (χ4n) is 3.23. The summed E-state index contributed by atoms with van der Waals surface area (Å²) in [5.74, 6) is 0.752. The summed E-state index contributed by atoms with van der Waals surface area (Å²) < 4.78 is 21.1. The van der Waals surface area contributed by atoms with E-state index in [9.17, 15) is 9.59 Å². The minimum atomic E-state index is -0.313. The van der Waals surface area contributed by atoms with Gasteiger partial charge in [-0.15, -0.1) is 0 Å². The van der Waals surface area contributed by atoms with E-state index in [1.807, 2.05) is 24.3 Å². The van der Waals surface area contributed by atoms with Crippen LogP contribution in [0.15, 0.2) is 34.9 Å². The number of hydrogen-bond donors (Lipinski definition) is 0. The molecule has 1 aromatic carbocycles. The fourth-order valence-corrected chi connectivity index (χ4v) is 3.23. The van der Waals surface area contributed by atoms with Crippen LogP contribution in [-0.2, 0) is 14.3 Å². The van der Waals surface area contributed by atoms with Crippen molar-refractivity contribution in [2.45, 2.75) is 6.42 Å². The second kappa shape index (κ2) is 10.7. The van der Waals surface area contributed by atoms with Crippen molar-refractivity contribution >= 4 is 11.8 Å². The number of ether oxygens (including phenoxy) is 3. The van der Waals surface area contributed by atoms with Gasteiger partial charge in [0.25, 0.3) is 5.91 Å². The number of benzene rings is 1. The van der Waals surface area contributed by atoms with Crippen LogP contribution in [0, 0.1) is 0 Å². The Kier molecular flexibility index (Phi) is 7.81. The van der Waals surface area contributed by atoms with E-state index in [0.29, 0.717) is 56.5 Å². The maximum atomic E-state index is 13.0. The number of morpholine rings is 1. The van der Waals surface area contributed by atoms with Crippen molar-refractivity contribution in [1.29, 1.82) is 0 Å². The SMILES string of the molecule is COCCN(CCC(=O)N1CCOCC1)C(=O)c1cc(-c2ccccc2OC)on1. The van der Waals surface area contributed by atoms with Crippen molar-refractivity contribution in [3.63, 3.8) is 0 Å². The summed E-state index contributed by atoms with van der Waals surface area (Å²) in [6.07, 6.45) is 0.229. The Morgan fingerprint density at radius 3 is 2.67 bits per heavy atom. The van der Waals surface area contributed by atoms with Crippen molar-refractivity contribution in [3.05, 3.63) is 36.0 Å². The molecule has 1 aromatic heterocycles. The molecule has 30 heavy (non-hydrogen) atoms. The number of hydrogen-bond acceptors (Lipinski definition) is 7. The number of rotatable bonds is 9. The highest BCUT2D eigenvalue weighted by atomic mass is 16.5. The molecule has 162 valence electrons. The Labute approximate surface area is 175 Å². The second-order valence-electron chi connectivity index (χ2n) is 6.80. The Morgan fingerprint density at radius 2 is 1.93 bits per heavy atom. The topological polar surface area (TPSA) is 94.3 Å². The number of aromatic nitrogens is 1. The third kappa shape index (κ3) is 5.37. The van der Waals surface area contributed by atoms with Gasteiger partial charge in [0.15, 0.2) is 11.5 Å². The highest BCUT2D eigenvalue weighted by Crippen LogP contribution is 2.30. The molecule has 0 unspecified atom stereocenters. The Hall–Kier alpha value is -2.91. The van der Waals surface area contributed by atoms with Gasteiger partial charge >= 0.3 is 0 Å². The zero-order chi connectivity index (χ0) is 21.3. The number of nitrogens with zero attached hydrogens (tertiary/aromatic N) is 3. The summed E-state index contributed by atoms with van der Waals surface area (Å²) in [7, 11) is 3.14. The van der Waals surface area contributed by atoms with Gasteiger partial charge < -0.3 is 28.5 Å². The van der Waals surface area contributed by atoms with Crippen molar-refractivity contribution < 1.29 is 28.3 Å². The lowest BCUT2D eigenvalue weighted by atomic mass is 10.1. The quantitative estimate of drug-likeness (QED) is 0.613. The van der Waals surface area contributed by atoms with Gasteiger partial charge in [-0.25, -0.2) is 0 Å². The van der Waals surface area contributed by atoms with Gasteiger partial charge in [0.2, 0.25) is 5.91 Å². The molecular weight excluding hydrogens is 390 g/mol. The molecular formula is C21H27N3O6. The summed E-state index contributed by atoms with van der Waals surface area (Å²) in [4.78, 5) is 28.8. The van der Waals surface area contributed by atoms with Crippen LogP contribution in [0.2, 0.25) is 0 Å². The first-order valence-electron chi connectivity index (χ1n) is 9.88. The van der Waals surface area contributed by atoms with Gasteiger partial charge in [-0.05, 0) is 12.1 Å². The summed E-state index contributed by atoms with van der Waals surface area (Å²) in [6, 6.07) is 8.93. The minimum absolute atomic E-state index is 0.00313. The van der Waals surface area contributed by atoms with Gasteiger partial charge in [-0.1, -0.05) is 17.3 Å². The Bertz CT molecular complexity index is 847. The molecule has 1 aliphatic rings. The van der Waals surface area contributed by atoms with Crippen LogP contribution in [0.25, 0.3) is 11.3 Å². The first-order chi connectivity index (χ1) is 14.6. The molecule has 2 amide bonds. The normalized spacial score (nSPS) is 13.9. The van der Waals surface area contributed by atoms with Gasteiger partial charge in [-0.3, -0.25) is 9.59 Å². The molecule has 2 heterocycles. The second-order valence-corrected chi connectivity index (χ2v) is 6.80. The van der Waals surface area contributed by atoms with E-state index in [1.165, 1.54) is 0 Å². The Balaban J connectivity index is 1.69. The zero-order valence-corrected chi connectivity index (χ0v) is 17.3. The van der Waals surface area contributed by atoms with Crippen molar-refractivity contribution in [2.75, 3.05) is 60.2 Å². The molecule has 1 aliphatic heterocycles. The molecule has 0 aliphatic carbocycles. The van der Waals surface area contributed by atoms with Crippen LogP contribution >= 0.6 is 0 Å². The highest BCUT2D eigenvalue weighted by molar-refractivity contribution is 5.93. The van der Waals surface area contributed by atoms with Crippen molar-refractivity contribution in [2.24, 2.45) is 0 Å². The van der Waals surface area contributed by atoms with E-state index < -0.39 is 0 Å². The van der Waals surface area contributed by atoms with Gasteiger partial charge in [0.1, 0.15) is 5.75 Å². The van der Waals surface area contributed by atoms with Crippen LogP contribution in [0.1, 0.15) is 16.9 Å². The third-order valence-corrected chi connectivity index (χ3v) is 4.91. The average molecular weight is 417 g/mol. The molecule has 1 saturated heterocycles. The van der Waals surface area contributed by atoms with E-state index in [-0.39, 0.29) is 30.5 Å². The number of methoxy groups -OCH3 is 2. The molecule has 3 rings (SSSR count). The highest BCUT2D eigenvalue weighted by Gasteiger charge is 2.23. The van der Waals surface area contributed by atoms with E-state index in [1.54, 1.807) is 30.1 Å². The maximum absolute atomic E-state index is 13.0. The van der Waals surface area contributed by atoms with Crippen molar-refractivity contribution in [3.8, 4) is 17.1 Å². The van der Waals surface area contributed by atoms with E-state index in [4.69, 9.17) is 18.7 Å². The Morgan fingerprint density at radius 1 is 1.17 bits per heavy atom. The number of carbonyl (C=O) groups excluding carboxylic acids is 2. The number of carbonyl (C=O) groups is 2. The van der Waals surface area contributed by atoms with Crippen LogP contribution in [0.3, 0.4) is 0 Å². The summed E-state index contributed by atoms with van der Waals surface area (Å²) in [6.45, 7) is 3.23. The van der Waals surface area contributed by atoms with Crippen LogP contribution in [0.5, 0.6) is 5.75 Å². The van der Waals surface area contributed by atoms with Gasteiger partial charge in [0, 0.05) is 45.8 Å². The van der Waals surface area contributed by atoms with E-state index in [2.05, 4.69) is 5.16 Å². The minimum Gasteiger partial charge on any atom is -0.496 e. The largest absolute Gasteiger partial charge is 0.496 e. The molecule has 9 nitrogen and oxygen atoms in total. The smallest absolute Gasteiger partial charge is 0.276 e. The standard InChI is InChI=1S/C21H27N3O6/c1-27-12-9-24(8-7-20(25)23-10-13-29-14-11-23)21(26)17-15-19(30-22-17)16-5-3-4-6-18(16)28-2/h3-6,15H,7-14H2,1-2H3. The predicted octanol–water partition coefficient (Wildman–Crippen LogP) is 1.69. The molecule has 0 atom stereocenters. The number of para-hydroxylation sites is 1. The lowest BCUT2D eigenvalue weighted by Crippen LogP contribution is -2.43. The molecule has 0 spiro atoms. The predicted molar refractivity (Wildman–Crippen MR) is 108 cm³/mol. The van der Waals surface area contributed by atoms with E-state index >= 15 is 0 Å². The molecule has 1 fully saturated rings. The summed E-state index contributed by atoms with van der Waals surface area (Å²) in [5, 5.41) is 3.94. The molecule has 2 aromatic rings. The monoisotopic (exact) mass is 417 g/mol. The van der Waals surface area contributed by atoms with Gasteiger partial charge in [0.05, 0.1) is 32.5 Å². The number of amides is 2. The first-order valence-corrected chi connectivity index (χ1v) is 9.88. The van der Waals surface area contributed by atoms with E-state index in [0.717, 1.165) is 0 Å². The average Bonchev–Trinajstić information content (AvgIpc) is 3.29. The maximum Gasteiger partial charge on any atom is 0.276 e. The molecule has 0 radical (unpaired) electrons. The summed E-state index contributed by atoms with van der Waals surface area (Å²) >= 11 is 0. The van der Waals surface area contributed by atoms with Crippen LogP contribution < -0.4 is 4.74 Å². The lowest BCUT2D eigenvalue weighted by Gasteiger charge is -2.28. The summed E-state index contributed by atoms with van der Waals surface area (Å²) in [5.41, 5.74) is 0.878. The van der Waals surface area contributed by atoms with Gasteiger partial charge in [-0.2, -0.15) is 0 Å². The lowest BCUT2D eigenvalue weighted by molar-refractivity contribution is -0.135. The van der Waals surface area contributed by atoms with Crippen LogP contribution in [-0.4, -0.2) is 87.0 Å². The molecule has 0 saturated carbocycles. The first kappa shape index (κ1) is 21.8. The molecule has 0 N–H and O–H groups in total. The molecule has 9 heteroatoms. The molecule has 0 bridgehead atoms. The van der Waals surface area contributed by atoms with Crippen LogP contribution in [0.4, 0.5) is 0 Å². The van der Waals surface area contributed by atoms with Crippen molar-refractivity contribution in [1.82, 2.24) is 15.0 Å². The fraction of sp³-hybridized carbons (Fsp3) is 0.476.